The summed E-state index contributed by atoms with van der Waals surface area (Å²) in [5.41, 5.74) is 2.06. The lowest BCUT2D eigenvalue weighted by molar-refractivity contribution is -0.137. The monoisotopic (exact) mass is 583 g/mol. The molecule has 41 heavy (non-hydrogen) atoms. The van der Waals surface area contributed by atoms with Crippen molar-refractivity contribution in [3.05, 3.63) is 59.9 Å². The molecule has 2 aromatic rings. The lowest BCUT2D eigenvalue weighted by Crippen LogP contribution is -2.44. The van der Waals surface area contributed by atoms with Gasteiger partial charge in [0, 0.05) is 50.0 Å². The Kier molecular flexibility index (Phi) is 9.00. The Morgan fingerprint density at radius 2 is 1.85 bits per heavy atom. The normalized spacial score (nSPS) is 22.0. The van der Waals surface area contributed by atoms with E-state index in [9.17, 15) is 22.8 Å². The highest BCUT2D eigenvalue weighted by molar-refractivity contribution is 7.88. The van der Waals surface area contributed by atoms with Gasteiger partial charge in [-0.15, -0.1) is 0 Å². The number of pyridine rings is 1. The van der Waals surface area contributed by atoms with Crippen molar-refractivity contribution in [2.75, 3.05) is 50.8 Å². The molecule has 0 saturated carbocycles. The first-order valence-electron chi connectivity index (χ1n) is 14.2. The molecule has 0 radical (unpaired) electrons. The molecule has 0 bridgehead atoms. The number of carbonyl (C=O) groups excluding carboxylic acids is 3. The van der Waals surface area contributed by atoms with Crippen molar-refractivity contribution < 1.29 is 27.5 Å². The van der Waals surface area contributed by atoms with Crippen molar-refractivity contribution in [3.8, 4) is 0 Å². The summed E-state index contributed by atoms with van der Waals surface area (Å²) in [5, 5.41) is 2.93. The quantitative estimate of drug-likeness (QED) is 0.445. The van der Waals surface area contributed by atoms with Crippen molar-refractivity contribution in [1.82, 2.24) is 19.5 Å². The maximum absolute atomic E-state index is 13.2. The maximum Gasteiger partial charge on any atom is 0.251 e. The molecule has 3 saturated heterocycles. The number of Topliss-reactive ketones (excluding diaryl/α,β-unsaturated/α-hetero) is 1. The maximum atomic E-state index is 13.2. The Hall–Kier alpha value is -3.35. The van der Waals surface area contributed by atoms with E-state index in [0.29, 0.717) is 50.4 Å². The highest BCUT2D eigenvalue weighted by Crippen LogP contribution is 2.33. The first-order chi connectivity index (χ1) is 19.7. The number of hydrogen-bond donors (Lipinski definition) is 1. The summed E-state index contributed by atoms with van der Waals surface area (Å²) < 4.78 is 32.8. The molecule has 220 valence electrons. The molecule has 4 heterocycles. The van der Waals surface area contributed by atoms with Crippen molar-refractivity contribution in [2.45, 2.75) is 44.0 Å². The van der Waals surface area contributed by atoms with E-state index in [2.05, 4.69) is 15.2 Å². The summed E-state index contributed by atoms with van der Waals surface area (Å²) in [7, 11) is -3.76. The highest BCUT2D eigenvalue weighted by Gasteiger charge is 2.53. The van der Waals surface area contributed by atoms with Crippen LogP contribution in [0.15, 0.2) is 48.7 Å². The number of carbonyl (C=O) groups is 3. The topological polar surface area (TPSA) is 129 Å². The molecule has 1 aromatic carbocycles. The molecule has 2 amide bonds. The molecule has 3 aliphatic heterocycles. The van der Waals surface area contributed by atoms with Crippen LogP contribution < -0.4 is 10.2 Å². The molecular weight excluding hydrogens is 546 g/mol. The molecule has 0 aliphatic carbocycles. The van der Waals surface area contributed by atoms with E-state index >= 15 is 0 Å². The summed E-state index contributed by atoms with van der Waals surface area (Å²) in [6, 6.07) is 11.3. The molecule has 11 nitrogen and oxygen atoms in total. The van der Waals surface area contributed by atoms with Crippen LogP contribution >= 0.6 is 0 Å². The number of benzene rings is 1. The molecule has 1 N–H and O–H groups in total. The van der Waals surface area contributed by atoms with E-state index in [4.69, 9.17) is 4.74 Å². The molecule has 12 heteroatoms. The van der Waals surface area contributed by atoms with Gasteiger partial charge in [-0.25, -0.2) is 8.42 Å². The van der Waals surface area contributed by atoms with Gasteiger partial charge in [0.2, 0.25) is 15.9 Å². The summed E-state index contributed by atoms with van der Waals surface area (Å²) >= 11 is 0. The second-order valence-corrected chi connectivity index (χ2v) is 12.9. The summed E-state index contributed by atoms with van der Waals surface area (Å²) in [4.78, 5) is 46.6. The van der Waals surface area contributed by atoms with Crippen LogP contribution in [0.25, 0.3) is 0 Å². The van der Waals surface area contributed by atoms with Crippen molar-refractivity contribution in [1.29, 1.82) is 0 Å². The molecule has 3 atom stereocenters. The van der Waals surface area contributed by atoms with E-state index in [-0.39, 0.29) is 42.2 Å². The Balaban J connectivity index is 1.09. The number of nitrogens with one attached hydrogen (secondary N) is 1. The van der Waals surface area contributed by atoms with E-state index in [0.717, 1.165) is 18.8 Å². The molecule has 1 aromatic heterocycles. The van der Waals surface area contributed by atoms with E-state index in [1.165, 1.54) is 10.5 Å². The first kappa shape index (κ1) is 29.2. The summed E-state index contributed by atoms with van der Waals surface area (Å²) in [5.74, 6) is -0.870. The van der Waals surface area contributed by atoms with Crippen LogP contribution in [0.5, 0.6) is 0 Å². The standard InChI is InChI=1S/C29H37N5O6S/c1-21(9-12-31-29(37)22-5-7-24(8-6-22)32-14-16-40-17-15-32)18-27(36)33-13-10-25-28(33)26(35)19-34(25)41(38,39)20-23-4-2-3-11-30-23/h2-8,11,21,25,28H,9-10,12-20H2,1H3,(H,31,37). The smallest absolute Gasteiger partial charge is 0.251 e. The number of anilines is 1. The van der Waals surface area contributed by atoms with Crippen LogP contribution in [0.3, 0.4) is 0 Å². The first-order valence-corrected chi connectivity index (χ1v) is 15.8. The van der Waals surface area contributed by atoms with Crippen molar-refractivity contribution in [2.24, 2.45) is 5.92 Å². The lowest BCUT2D eigenvalue weighted by Gasteiger charge is -2.28. The van der Waals surface area contributed by atoms with Gasteiger partial charge in [0.25, 0.3) is 5.91 Å². The average molecular weight is 584 g/mol. The van der Waals surface area contributed by atoms with Crippen LogP contribution in [-0.2, 0) is 30.1 Å². The minimum atomic E-state index is -3.76. The number of ketones is 1. The zero-order chi connectivity index (χ0) is 29.0. The fourth-order valence-electron chi connectivity index (χ4n) is 5.86. The van der Waals surface area contributed by atoms with Gasteiger partial charge < -0.3 is 19.9 Å². The number of morpholine rings is 1. The minimum absolute atomic E-state index is 0.0222. The number of sulfonamides is 1. The Morgan fingerprint density at radius 3 is 2.56 bits per heavy atom. The number of amides is 2. The number of hydrogen-bond acceptors (Lipinski definition) is 8. The van der Waals surface area contributed by atoms with Gasteiger partial charge in [-0.1, -0.05) is 13.0 Å². The van der Waals surface area contributed by atoms with Crippen LogP contribution in [0.2, 0.25) is 0 Å². The fraction of sp³-hybridized carbons (Fsp3) is 0.517. The van der Waals surface area contributed by atoms with Crippen LogP contribution in [0.1, 0.15) is 42.2 Å². The lowest BCUT2D eigenvalue weighted by atomic mass is 10.0. The zero-order valence-corrected chi connectivity index (χ0v) is 24.1. The number of nitrogens with zero attached hydrogens (tertiary/aromatic N) is 4. The van der Waals surface area contributed by atoms with Gasteiger partial charge in [0.15, 0.2) is 5.78 Å². The van der Waals surface area contributed by atoms with Gasteiger partial charge in [0.1, 0.15) is 11.8 Å². The van der Waals surface area contributed by atoms with E-state index in [1.54, 1.807) is 23.1 Å². The fourth-order valence-corrected chi connectivity index (χ4v) is 7.53. The van der Waals surface area contributed by atoms with Gasteiger partial charge in [-0.2, -0.15) is 4.31 Å². The Bertz CT molecular complexity index is 1350. The van der Waals surface area contributed by atoms with Crippen LogP contribution in [0.4, 0.5) is 5.69 Å². The van der Waals surface area contributed by atoms with Crippen molar-refractivity contribution in [3.63, 3.8) is 0 Å². The van der Waals surface area contributed by atoms with Gasteiger partial charge in [-0.3, -0.25) is 19.4 Å². The highest BCUT2D eigenvalue weighted by atomic mass is 32.2. The van der Waals surface area contributed by atoms with Crippen LogP contribution in [0, 0.1) is 5.92 Å². The number of ether oxygens (including phenoxy) is 1. The second kappa shape index (κ2) is 12.7. The number of aromatic nitrogens is 1. The average Bonchev–Trinajstić information content (AvgIpc) is 3.55. The minimum Gasteiger partial charge on any atom is -0.378 e. The second-order valence-electron chi connectivity index (χ2n) is 11.0. The van der Waals surface area contributed by atoms with Gasteiger partial charge in [-0.05, 0) is 55.2 Å². The Morgan fingerprint density at radius 1 is 1.10 bits per heavy atom. The van der Waals surface area contributed by atoms with Crippen molar-refractivity contribution >= 4 is 33.3 Å². The molecule has 0 spiro atoms. The SMILES string of the molecule is CC(CCNC(=O)c1ccc(N2CCOCC2)cc1)CC(=O)N1CCC2C1C(=O)CN2S(=O)(=O)Cc1ccccn1. The summed E-state index contributed by atoms with van der Waals surface area (Å²) in [6.45, 7) is 5.55. The molecule has 3 fully saturated rings. The van der Waals surface area contributed by atoms with Crippen LogP contribution in [-0.4, -0.2) is 98.2 Å². The number of likely N-dealkylation sites (tertiary alicyclic amines) is 1. The largest absolute Gasteiger partial charge is 0.378 e. The third-order valence-corrected chi connectivity index (χ3v) is 9.84. The van der Waals surface area contributed by atoms with E-state index < -0.39 is 22.1 Å². The third-order valence-electron chi connectivity index (χ3n) is 8.06. The molecule has 3 aliphatic rings. The zero-order valence-electron chi connectivity index (χ0n) is 23.3. The predicted octanol–water partition coefficient (Wildman–Crippen LogP) is 1.45. The molecule has 3 unspecified atom stereocenters. The van der Waals surface area contributed by atoms with Gasteiger partial charge in [0.05, 0.1) is 31.5 Å². The van der Waals surface area contributed by atoms with Gasteiger partial charge >= 0.3 is 0 Å². The number of fused-ring (bicyclic) bond motifs is 1. The molecular formula is C29H37N5O6S. The van der Waals surface area contributed by atoms with E-state index in [1.807, 2.05) is 31.2 Å². The predicted molar refractivity (Wildman–Crippen MR) is 153 cm³/mol. The molecule has 5 rings (SSSR count). The summed E-state index contributed by atoms with van der Waals surface area (Å²) in [6.07, 6.45) is 2.79. The third kappa shape index (κ3) is 6.77. The Labute approximate surface area is 240 Å². The number of rotatable bonds is 10.